The van der Waals surface area contributed by atoms with Gasteiger partial charge in [0.2, 0.25) is 0 Å². The monoisotopic (exact) mass is 299 g/mol. The van der Waals surface area contributed by atoms with Crippen molar-refractivity contribution in [3.8, 4) is 11.5 Å². The fourth-order valence-corrected chi connectivity index (χ4v) is 2.16. The first-order chi connectivity index (χ1) is 9.27. The van der Waals surface area contributed by atoms with E-state index in [4.69, 9.17) is 10.5 Å². The van der Waals surface area contributed by atoms with Gasteiger partial charge in [0, 0.05) is 18.4 Å². The third-order valence-electron chi connectivity index (χ3n) is 2.54. The molecule has 0 bridgehead atoms. The van der Waals surface area contributed by atoms with Gasteiger partial charge in [0.05, 0.1) is 4.90 Å². The van der Waals surface area contributed by atoms with Gasteiger partial charge in [0.25, 0.3) is 0 Å². The second-order valence-electron chi connectivity index (χ2n) is 4.15. The topological polar surface area (TPSA) is 69.4 Å². The summed E-state index contributed by atoms with van der Waals surface area (Å²) in [6.45, 7) is 0. The highest BCUT2D eigenvalue weighted by molar-refractivity contribution is 7.90. The molecule has 0 fully saturated rings. The van der Waals surface area contributed by atoms with Crippen LogP contribution >= 0.6 is 0 Å². The maximum Gasteiger partial charge on any atom is 0.175 e. The van der Waals surface area contributed by atoms with E-state index in [-0.39, 0.29) is 22.1 Å². The lowest BCUT2D eigenvalue weighted by Gasteiger charge is -2.09. The molecule has 0 aliphatic heterocycles. The molecule has 0 atom stereocenters. The van der Waals surface area contributed by atoms with Gasteiger partial charge in [-0.2, -0.15) is 0 Å². The molecule has 0 aliphatic carbocycles. The van der Waals surface area contributed by atoms with Crippen molar-refractivity contribution < 1.29 is 21.9 Å². The Bertz CT molecular complexity index is 743. The van der Waals surface area contributed by atoms with E-state index in [9.17, 15) is 17.2 Å². The Balaban J connectivity index is 2.32. The highest BCUT2D eigenvalue weighted by Crippen LogP contribution is 2.30. The second-order valence-corrected chi connectivity index (χ2v) is 6.16. The molecular weight excluding hydrogens is 288 g/mol. The third kappa shape index (κ3) is 3.05. The van der Waals surface area contributed by atoms with Crippen LogP contribution in [0.2, 0.25) is 0 Å². The smallest absolute Gasteiger partial charge is 0.175 e. The molecule has 0 aliphatic rings. The Labute approximate surface area is 114 Å². The van der Waals surface area contributed by atoms with Gasteiger partial charge in [-0.1, -0.05) is 0 Å². The van der Waals surface area contributed by atoms with Crippen molar-refractivity contribution in [2.75, 3.05) is 12.0 Å². The highest BCUT2D eigenvalue weighted by Gasteiger charge is 2.11. The fourth-order valence-electron chi connectivity index (χ4n) is 1.53. The zero-order chi connectivity index (χ0) is 14.9. The number of sulfone groups is 1. The predicted molar refractivity (Wildman–Crippen MR) is 70.4 cm³/mol. The number of hydrogen-bond acceptors (Lipinski definition) is 4. The molecule has 0 amide bonds. The first-order valence-electron chi connectivity index (χ1n) is 5.50. The lowest BCUT2D eigenvalue weighted by Crippen LogP contribution is -1.98. The van der Waals surface area contributed by atoms with E-state index >= 15 is 0 Å². The Hall–Kier alpha value is -2.15. The first kappa shape index (κ1) is 14.3. The molecule has 0 unspecified atom stereocenters. The molecule has 20 heavy (non-hydrogen) atoms. The molecule has 0 saturated carbocycles. The summed E-state index contributed by atoms with van der Waals surface area (Å²) in [5, 5.41) is 0. The van der Waals surface area contributed by atoms with E-state index in [2.05, 4.69) is 0 Å². The summed E-state index contributed by atoms with van der Waals surface area (Å²) < 4.78 is 54.1. The minimum Gasteiger partial charge on any atom is -0.455 e. The molecule has 0 aromatic heterocycles. The first-order valence-corrected chi connectivity index (χ1v) is 7.39. The number of benzene rings is 2. The van der Waals surface area contributed by atoms with Gasteiger partial charge >= 0.3 is 0 Å². The van der Waals surface area contributed by atoms with Crippen molar-refractivity contribution in [1.29, 1.82) is 0 Å². The van der Waals surface area contributed by atoms with E-state index in [1.165, 1.54) is 24.3 Å². The summed E-state index contributed by atoms with van der Waals surface area (Å²) in [5.74, 6) is -1.70. The Kier molecular flexibility index (Phi) is 3.63. The van der Waals surface area contributed by atoms with E-state index in [0.717, 1.165) is 12.3 Å². The SMILES string of the molecule is CS(=O)(=O)c1ccc(Oc2cc(F)cc(F)c2N)cc1. The predicted octanol–water partition coefficient (Wildman–Crippen LogP) is 2.74. The summed E-state index contributed by atoms with van der Waals surface area (Å²) in [6, 6.07) is 7.00. The number of rotatable bonds is 3. The summed E-state index contributed by atoms with van der Waals surface area (Å²) in [4.78, 5) is 0.114. The molecule has 2 rings (SSSR count). The normalized spacial score (nSPS) is 11.3. The van der Waals surface area contributed by atoms with Gasteiger partial charge in [-0.15, -0.1) is 0 Å². The van der Waals surface area contributed by atoms with Gasteiger partial charge < -0.3 is 10.5 Å². The number of ether oxygens (including phenoxy) is 1. The van der Waals surface area contributed by atoms with Crippen molar-refractivity contribution in [2.45, 2.75) is 4.90 Å². The lowest BCUT2D eigenvalue weighted by atomic mass is 10.2. The minimum atomic E-state index is -3.31. The number of halogens is 2. The Morgan fingerprint density at radius 3 is 2.25 bits per heavy atom. The van der Waals surface area contributed by atoms with Crippen LogP contribution in [0.1, 0.15) is 0 Å². The average Bonchev–Trinajstić information content (AvgIpc) is 2.35. The minimum absolute atomic E-state index is 0.114. The van der Waals surface area contributed by atoms with Crippen molar-refractivity contribution in [3.05, 3.63) is 48.0 Å². The van der Waals surface area contributed by atoms with Crippen LogP contribution in [0.4, 0.5) is 14.5 Å². The molecular formula is C13H11F2NO3S. The molecule has 7 heteroatoms. The quantitative estimate of drug-likeness (QED) is 0.885. The maximum absolute atomic E-state index is 13.2. The number of nitrogens with two attached hydrogens (primary N) is 1. The molecule has 0 spiro atoms. The molecule has 4 nitrogen and oxygen atoms in total. The van der Waals surface area contributed by atoms with Gasteiger partial charge in [0.15, 0.2) is 21.4 Å². The second kappa shape index (κ2) is 5.09. The fraction of sp³-hybridized carbons (Fsp3) is 0.0769. The van der Waals surface area contributed by atoms with Crippen LogP contribution < -0.4 is 10.5 Å². The largest absolute Gasteiger partial charge is 0.455 e. The molecule has 2 N–H and O–H groups in total. The van der Waals surface area contributed by atoms with E-state index in [0.29, 0.717) is 6.07 Å². The number of hydrogen-bond donors (Lipinski definition) is 1. The maximum atomic E-state index is 13.2. The summed E-state index contributed by atoms with van der Waals surface area (Å²) in [7, 11) is -3.31. The molecule has 2 aromatic carbocycles. The van der Waals surface area contributed by atoms with Crippen molar-refractivity contribution in [2.24, 2.45) is 0 Å². The van der Waals surface area contributed by atoms with Gasteiger partial charge in [-0.05, 0) is 24.3 Å². The van der Waals surface area contributed by atoms with Gasteiger partial charge in [-0.3, -0.25) is 0 Å². The molecule has 0 saturated heterocycles. The molecule has 2 aromatic rings. The highest BCUT2D eigenvalue weighted by atomic mass is 32.2. The van der Waals surface area contributed by atoms with E-state index in [1.807, 2.05) is 0 Å². The van der Waals surface area contributed by atoms with Crippen LogP contribution in [-0.2, 0) is 9.84 Å². The molecule has 0 radical (unpaired) electrons. The van der Waals surface area contributed by atoms with Crippen LogP contribution in [0.25, 0.3) is 0 Å². The van der Waals surface area contributed by atoms with Crippen molar-refractivity contribution in [1.82, 2.24) is 0 Å². The van der Waals surface area contributed by atoms with Crippen LogP contribution in [-0.4, -0.2) is 14.7 Å². The summed E-state index contributed by atoms with van der Waals surface area (Å²) in [6.07, 6.45) is 1.07. The zero-order valence-electron chi connectivity index (χ0n) is 10.4. The van der Waals surface area contributed by atoms with Crippen LogP contribution in [0, 0.1) is 11.6 Å². The van der Waals surface area contributed by atoms with Gasteiger partial charge in [0.1, 0.15) is 17.3 Å². The Morgan fingerprint density at radius 1 is 1.10 bits per heavy atom. The summed E-state index contributed by atoms with van der Waals surface area (Å²) >= 11 is 0. The van der Waals surface area contributed by atoms with Crippen molar-refractivity contribution >= 4 is 15.5 Å². The average molecular weight is 299 g/mol. The molecule has 0 heterocycles. The number of nitrogen functional groups attached to an aromatic ring is 1. The van der Waals surface area contributed by atoms with Crippen LogP contribution in [0.3, 0.4) is 0 Å². The van der Waals surface area contributed by atoms with Crippen molar-refractivity contribution in [3.63, 3.8) is 0 Å². The molecule has 106 valence electrons. The standard InChI is InChI=1S/C13H11F2NO3S/c1-20(17,18)10-4-2-9(3-5-10)19-12-7-8(14)6-11(15)13(12)16/h2-7H,16H2,1H3. The number of anilines is 1. The van der Waals surface area contributed by atoms with Crippen LogP contribution in [0.15, 0.2) is 41.3 Å². The van der Waals surface area contributed by atoms with Crippen LogP contribution in [0.5, 0.6) is 11.5 Å². The van der Waals surface area contributed by atoms with E-state index < -0.39 is 21.5 Å². The summed E-state index contributed by atoms with van der Waals surface area (Å²) in [5.41, 5.74) is 5.12. The van der Waals surface area contributed by atoms with E-state index in [1.54, 1.807) is 0 Å². The Morgan fingerprint density at radius 2 is 1.70 bits per heavy atom. The third-order valence-corrected chi connectivity index (χ3v) is 3.66. The van der Waals surface area contributed by atoms with Gasteiger partial charge in [-0.25, -0.2) is 17.2 Å². The lowest BCUT2D eigenvalue weighted by molar-refractivity contribution is 0.471. The zero-order valence-corrected chi connectivity index (χ0v) is 11.2.